The van der Waals surface area contributed by atoms with Crippen LogP contribution in [0.15, 0.2) is 71.7 Å². The SMILES string of the molecule is CCOc1cc(C(C)(C)C)ccc1C1=N[C@@](C)(c2ccc(Cl)cc2)[C@@](C)(c2ccc(Cl)cc2)N1C(=O)N1CCCC(C(C)CC(=O)O)C1. The van der Waals surface area contributed by atoms with Crippen molar-refractivity contribution in [3.8, 4) is 5.75 Å². The molecule has 256 valence electrons. The molecular weight excluding hydrogens is 645 g/mol. The molecule has 0 aliphatic carbocycles. The van der Waals surface area contributed by atoms with E-state index >= 15 is 4.79 Å². The van der Waals surface area contributed by atoms with Gasteiger partial charge in [0, 0.05) is 29.6 Å². The number of likely N-dealkylation sites (tertiary alicyclic amines) is 1. The monoisotopic (exact) mass is 691 g/mol. The van der Waals surface area contributed by atoms with E-state index in [2.05, 4.69) is 46.8 Å². The Morgan fingerprint density at radius 3 is 2.17 bits per heavy atom. The highest BCUT2D eigenvalue weighted by atomic mass is 35.5. The second-order valence-corrected chi connectivity index (χ2v) is 15.4. The van der Waals surface area contributed by atoms with Crippen molar-refractivity contribution in [3.63, 3.8) is 0 Å². The molecule has 1 N–H and O–H groups in total. The van der Waals surface area contributed by atoms with Gasteiger partial charge in [0.05, 0.1) is 12.2 Å². The number of hydrogen-bond donors (Lipinski definition) is 1. The third kappa shape index (κ3) is 6.69. The van der Waals surface area contributed by atoms with E-state index in [1.54, 1.807) is 0 Å². The normalized spacial score (nSPS) is 23.5. The van der Waals surface area contributed by atoms with Gasteiger partial charge in [-0.2, -0.15) is 0 Å². The number of aliphatic imine (C=N–C) groups is 1. The number of nitrogens with zero attached hydrogens (tertiary/aromatic N) is 3. The number of ether oxygens (including phenoxy) is 1. The number of aliphatic carboxylic acids is 1. The molecule has 9 heteroatoms. The summed E-state index contributed by atoms with van der Waals surface area (Å²) < 4.78 is 6.30. The van der Waals surface area contributed by atoms with Gasteiger partial charge in [0.25, 0.3) is 0 Å². The highest BCUT2D eigenvalue weighted by Gasteiger charge is 2.60. The fourth-order valence-electron chi connectivity index (χ4n) is 7.25. The molecule has 2 aliphatic heterocycles. The number of carbonyl (C=O) groups excluding carboxylic acids is 1. The number of rotatable bonds is 8. The van der Waals surface area contributed by atoms with E-state index in [4.69, 9.17) is 32.9 Å². The summed E-state index contributed by atoms with van der Waals surface area (Å²) in [6, 6.07) is 21.3. The lowest BCUT2D eigenvalue weighted by atomic mass is 9.71. The number of halogens is 2. The molecule has 3 aromatic carbocycles. The summed E-state index contributed by atoms with van der Waals surface area (Å²) in [5, 5.41) is 10.7. The number of carbonyl (C=O) groups is 2. The largest absolute Gasteiger partial charge is 0.493 e. The van der Waals surface area contributed by atoms with Crippen molar-refractivity contribution in [1.29, 1.82) is 0 Å². The first-order valence-electron chi connectivity index (χ1n) is 16.8. The van der Waals surface area contributed by atoms with Gasteiger partial charge in [-0.05, 0) is 104 Å². The van der Waals surface area contributed by atoms with E-state index in [-0.39, 0.29) is 29.7 Å². The van der Waals surface area contributed by atoms with Crippen LogP contribution in [0.1, 0.15) is 90.0 Å². The van der Waals surface area contributed by atoms with E-state index in [0.29, 0.717) is 41.3 Å². The summed E-state index contributed by atoms with van der Waals surface area (Å²) in [6.07, 6.45) is 1.73. The standard InChI is InChI=1S/C39H47Cl2N3O4/c1-8-48-33-23-29(37(3,4)5)15-20-32(33)35-42-38(6,27-11-16-30(40)17-12-27)39(7,28-13-18-31(41)19-14-28)44(35)36(47)43-21-9-10-26(24-43)25(2)22-34(45)46/h11-20,23,25-26H,8-10,21-22,24H2,1-7H3,(H,45,46)/t25?,26?,38-,39+/m0/s1. The number of amides is 2. The molecule has 2 heterocycles. The van der Waals surface area contributed by atoms with Crippen molar-refractivity contribution in [2.45, 2.75) is 84.2 Å². The average molecular weight is 693 g/mol. The number of carboxylic acids is 1. The van der Waals surface area contributed by atoms with Crippen molar-refractivity contribution in [3.05, 3.63) is 99.0 Å². The summed E-state index contributed by atoms with van der Waals surface area (Å²) in [5.74, 6) is 0.347. The van der Waals surface area contributed by atoms with Crippen molar-refractivity contribution < 1.29 is 19.4 Å². The van der Waals surface area contributed by atoms with Crippen LogP contribution >= 0.6 is 23.2 Å². The van der Waals surface area contributed by atoms with Crippen LogP contribution in [0.4, 0.5) is 4.79 Å². The maximum Gasteiger partial charge on any atom is 0.326 e. The summed E-state index contributed by atoms with van der Waals surface area (Å²) in [7, 11) is 0. The van der Waals surface area contributed by atoms with Crippen molar-refractivity contribution in [1.82, 2.24) is 9.80 Å². The molecule has 48 heavy (non-hydrogen) atoms. The van der Waals surface area contributed by atoms with Gasteiger partial charge in [0.2, 0.25) is 0 Å². The predicted molar refractivity (Wildman–Crippen MR) is 193 cm³/mol. The van der Waals surface area contributed by atoms with E-state index in [1.807, 2.05) is 78.2 Å². The van der Waals surface area contributed by atoms with Crippen LogP contribution < -0.4 is 4.74 Å². The molecule has 0 spiro atoms. The zero-order valence-electron chi connectivity index (χ0n) is 29.0. The Balaban J connectivity index is 1.75. The zero-order valence-corrected chi connectivity index (χ0v) is 30.5. The lowest BCUT2D eigenvalue weighted by Crippen LogP contribution is -2.59. The highest BCUT2D eigenvalue weighted by molar-refractivity contribution is 6.30. The molecule has 1 saturated heterocycles. The summed E-state index contributed by atoms with van der Waals surface area (Å²) >= 11 is 12.8. The van der Waals surface area contributed by atoms with Gasteiger partial charge in [0.1, 0.15) is 22.7 Å². The fraction of sp³-hybridized carbons (Fsp3) is 0.462. The minimum Gasteiger partial charge on any atom is -0.493 e. The molecule has 5 rings (SSSR count). The van der Waals surface area contributed by atoms with Gasteiger partial charge in [-0.15, -0.1) is 0 Å². The van der Waals surface area contributed by atoms with Crippen LogP contribution in [0.2, 0.25) is 10.0 Å². The topological polar surface area (TPSA) is 82.4 Å². The van der Waals surface area contributed by atoms with Gasteiger partial charge in [-0.3, -0.25) is 14.7 Å². The zero-order chi connectivity index (χ0) is 35.0. The molecule has 7 nitrogen and oxygen atoms in total. The quantitative estimate of drug-likeness (QED) is 0.255. The first-order valence-corrected chi connectivity index (χ1v) is 17.6. The molecule has 2 aliphatic rings. The maximum atomic E-state index is 15.3. The second kappa shape index (κ2) is 13.8. The molecule has 3 aromatic rings. The summed E-state index contributed by atoms with van der Waals surface area (Å²) in [4.78, 5) is 36.1. The Bertz CT molecular complexity index is 1680. The molecule has 0 bridgehead atoms. The highest BCUT2D eigenvalue weighted by Crippen LogP contribution is 2.54. The number of piperidine rings is 1. The van der Waals surface area contributed by atoms with Crippen LogP contribution in [0, 0.1) is 11.8 Å². The maximum absolute atomic E-state index is 15.3. The number of hydrogen-bond acceptors (Lipinski definition) is 4. The van der Waals surface area contributed by atoms with Crippen molar-refractivity contribution >= 4 is 41.0 Å². The predicted octanol–water partition coefficient (Wildman–Crippen LogP) is 9.53. The number of urea groups is 1. The van der Waals surface area contributed by atoms with Crippen LogP contribution in [0.5, 0.6) is 5.75 Å². The van der Waals surface area contributed by atoms with Gasteiger partial charge in [-0.25, -0.2) is 4.79 Å². The van der Waals surface area contributed by atoms with Crippen molar-refractivity contribution in [2.75, 3.05) is 19.7 Å². The van der Waals surface area contributed by atoms with E-state index < -0.39 is 17.0 Å². The van der Waals surface area contributed by atoms with E-state index in [0.717, 1.165) is 35.1 Å². The first-order chi connectivity index (χ1) is 22.6. The number of amidine groups is 1. The Hall–Kier alpha value is -3.55. The Morgan fingerprint density at radius 1 is 1.00 bits per heavy atom. The lowest BCUT2D eigenvalue weighted by Gasteiger charge is -2.47. The molecule has 2 amide bonds. The van der Waals surface area contributed by atoms with Gasteiger partial charge >= 0.3 is 12.0 Å². The van der Waals surface area contributed by atoms with Crippen LogP contribution in [-0.2, 0) is 21.3 Å². The molecule has 4 atom stereocenters. The van der Waals surface area contributed by atoms with Gasteiger partial charge in [-0.1, -0.05) is 81.2 Å². The van der Waals surface area contributed by atoms with Crippen LogP contribution in [0.3, 0.4) is 0 Å². The minimum absolute atomic E-state index is 0.0660. The Kier molecular flexibility index (Phi) is 10.2. The molecule has 1 fully saturated rings. The van der Waals surface area contributed by atoms with Gasteiger partial charge < -0.3 is 14.7 Å². The third-order valence-corrected chi connectivity index (χ3v) is 10.9. The van der Waals surface area contributed by atoms with Gasteiger partial charge in [0.15, 0.2) is 0 Å². The van der Waals surface area contributed by atoms with E-state index in [1.165, 1.54) is 0 Å². The van der Waals surface area contributed by atoms with Crippen LogP contribution in [0.25, 0.3) is 0 Å². The number of benzene rings is 3. The average Bonchev–Trinajstić information content (AvgIpc) is 3.28. The minimum atomic E-state index is -1.02. The smallest absolute Gasteiger partial charge is 0.326 e. The molecule has 0 aromatic heterocycles. The Labute approximate surface area is 294 Å². The first kappa shape index (κ1) is 35.7. The molecular formula is C39H47Cl2N3O4. The lowest BCUT2D eigenvalue weighted by molar-refractivity contribution is -0.138. The Morgan fingerprint density at radius 2 is 1.60 bits per heavy atom. The van der Waals surface area contributed by atoms with Crippen molar-refractivity contribution in [2.24, 2.45) is 16.8 Å². The summed E-state index contributed by atoms with van der Waals surface area (Å²) in [5.41, 5.74) is 1.49. The third-order valence-electron chi connectivity index (χ3n) is 10.4. The number of carboxylic acid groups (broad SMARTS) is 1. The summed E-state index contributed by atoms with van der Waals surface area (Å²) in [6.45, 7) is 16.0. The molecule has 0 radical (unpaired) electrons. The van der Waals surface area contributed by atoms with E-state index in [9.17, 15) is 9.90 Å². The van der Waals surface area contributed by atoms with Crippen LogP contribution in [-0.4, -0.2) is 52.4 Å². The molecule has 0 saturated carbocycles. The molecule has 2 unspecified atom stereocenters. The second-order valence-electron chi connectivity index (χ2n) is 14.5. The fourth-order valence-corrected chi connectivity index (χ4v) is 7.50.